The van der Waals surface area contributed by atoms with Gasteiger partial charge in [-0.1, -0.05) is 30.4 Å². The van der Waals surface area contributed by atoms with E-state index in [9.17, 15) is 18.3 Å². The highest BCUT2D eigenvalue weighted by molar-refractivity contribution is 5.50. The maximum atomic E-state index is 14.4. The SMILES string of the molecule is CCOc1ccc(C2CCC(/C=C/c3ccc(C(C)O)c(F)c3)CC2)c(F)c1F. The predicted molar refractivity (Wildman–Crippen MR) is 108 cm³/mol. The van der Waals surface area contributed by atoms with Crippen LogP contribution in [0.1, 0.15) is 68.2 Å². The summed E-state index contributed by atoms with van der Waals surface area (Å²) in [5.41, 5.74) is 1.45. The van der Waals surface area contributed by atoms with E-state index in [4.69, 9.17) is 4.74 Å². The van der Waals surface area contributed by atoms with Crippen molar-refractivity contribution in [3.05, 3.63) is 70.5 Å². The second kappa shape index (κ2) is 9.49. The first-order valence-corrected chi connectivity index (χ1v) is 10.2. The van der Waals surface area contributed by atoms with Gasteiger partial charge in [-0.25, -0.2) is 8.78 Å². The highest BCUT2D eigenvalue weighted by atomic mass is 19.2. The first-order chi connectivity index (χ1) is 13.9. The van der Waals surface area contributed by atoms with E-state index in [2.05, 4.69) is 6.08 Å². The number of aliphatic hydroxyl groups is 1. The number of halogens is 3. The van der Waals surface area contributed by atoms with Gasteiger partial charge in [0.05, 0.1) is 12.7 Å². The normalized spacial score (nSPS) is 20.8. The van der Waals surface area contributed by atoms with Crippen LogP contribution in [0, 0.1) is 23.4 Å². The van der Waals surface area contributed by atoms with E-state index in [0.717, 1.165) is 31.2 Å². The van der Waals surface area contributed by atoms with Crippen molar-refractivity contribution in [1.82, 2.24) is 0 Å². The lowest BCUT2D eigenvalue weighted by Gasteiger charge is -2.27. The van der Waals surface area contributed by atoms with Gasteiger partial charge >= 0.3 is 0 Å². The Morgan fingerprint density at radius 2 is 1.79 bits per heavy atom. The monoisotopic (exact) mass is 404 g/mol. The summed E-state index contributed by atoms with van der Waals surface area (Å²) in [6.45, 7) is 3.56. The maximum Gasteiger partial charge on any atom is 0.200 e. The molecule has 0 spiro atoms. The van der Waals surface area contributed by atoms with Gasteiger partial charge in [-0.05, 0) is 74.6 Å². The van der Waals surface area contributed by atoms with Crippen LogP contribution in [-0.4, -0.2) is 11.7 Å². The standard InChI is InChI=1S/C24H27F3O2/c1-3-29-22-13-12-20(23(26)24(22)27)18-9-6-16(7-10-18)4-5-17-8-11-19(15(2)28)21(25)14-17/h4-5,8,11-16,18,28H,3,6-7,9-10H2,1-2H3/b5-4+. The van der Waals surface area contributed by atoms with E-state index in [-0.39, 0.29) is 17.2 Å². The summed E-state index contributed by atoms with van der Waals surface area (Å²) in [5, 5.41) is 9.51. The topological polar surface area (TPSA) is 29.5 Å². The van der Waals surface area contributed by atoms with Crippen LogP contribution in [0.3, 0.4) is 0 Å². The molecule has 0 amide bonds. The average molecular weight is 404 g/mol. The lowest BCUT2D eigenvalue weighted by atomic mass is 9.78. The van der Waals surface area contributed by atoms with Crippen molar-refractivity contribution in [3.63, 3.8) is 0 Å². The zero-order chi connectivity index (χ0) is 21.0. The van der Waals surface area contributed by atoms with E-state index in [1.54, 1.807) is 25.1 Å². The number of aliphatic hydroxyl groups excluding tert-OH is 1. The van der Waals surface area contributed by atoms with Gasteiger partial charge in [-0.3, -0.25) is 0 Å². The van der Waals surface area contributed by atoms with Crippen LogP contribution < -0.4 is 4.74 Å². The van der Waals surface area contributed by atoms with Crippen LogP contribution >= 0.6 is 0 Å². The molecule has 2 aromatic rings. The summed E-state index contributed by atoms with van der Waals surface area (Å²) in [4.78, 5) is 0. The molecule has 1 N–H and O–H groups in total. The fourth-order valence-electron chi connectivity index (χ4n) is 3.98. The van der Waals surface area contributed by atoms with Gasteiger partial charge in [0.15, 0.2) is 11.6 Å². The van der Waals surface area contributed by atoms with Crippen LogP contribution in [0.2, 0.25) is 0 Å². The number of benzene rings is 2. The Morgan fingerprint density at radius 3 is 2.41 bits per heavy atom. The van der Waals surface area contributed by atoms with E-state index in [1.807, 2.05) is 6.08 Å². The maximum absolute atomic E-state index is 14.4. The number of allylic oxidation sites excluding steroid dienone is 1. The average Bonchev–Trinajstić information content (AvgIpc) is 2.70. The Bertz CT molecular complexity index is 869. The van der Waals surface area contributed by atoms with Crippen molar-refractivity contribution in [1.29, 1.82) is 0 Å². The van der Waals surface area contributed by atoms with E-state index >= 15 is 0 Å². The van der Waals surface area contributed by atoms with Crippen molar-refractivity contribution >= 4 is 6.08 Å². The molecule has 0 aromatic heterocycles. The lowest BCUT2D eigenvalue weighted by molar-refractivity contribution is 0.194. The molecular formula is C24H27F3O2. The zero-order valence-electron chi connectivity index (χ0n) is 16.8. The molecule has 1 aliphatic rings. The fourth-order valence-corrected chi connectivity index (χ4v) is 3.98. The summed E-state index contributed by atoms with van der Waals surface area (Å²) < 4.78 is 47.7. The molecule has 1 unspecified atom stereocenters. The largest absolute Gasteiger partial charge is 0.491 e. The van der Waals surface area contributed by atoms with Crippen molar-refractivity contribution < 1.29 is 23.0 Å². The molecule has 2 nitrogen and oxygen atoms in total. The third-order valence-corrected chi connectivity index (χ3v) is 5.62. The molecule has 0 radical (unpaired) electrons. The highest BCUT2D eigenvalue weighted by Gasteiger charge is 2.25. The third-order valence-electron chi connectivity index (χ3n) is 5.62. The fraction of sp³-hybridized carbons (Fsp3) is 0.417. The molecule has 1 aliphatic carbocycles. The second-order valence-corrected chi connectivity index (χ2v) is 7.64. The Labute approximate surface area is 170 Å². The van der Waals surface area contributed by atoms with Crippen LogP contribution in [-0.2, 0) is 0 Å². The highest BCUT2D eigenvalue weighted by Crippen LogP contribution is 2.39. The molecule has 156 valence electrons. The Morgan fingerprint density at radius 1 is 1.07 bits per heavy atom. The van der Waals surface area contributed by atoms with Crippen LogP contribution in [0.5, 0.6) is 5.75 Å². The molecular weight excluding hydrogens is 377 g/mol. The molecule has 1 saturated carbocycles. The first-order valence-electron chi connectivity index (χ1n) is 10.2. The molecule has 0 bridgehead atoms. The van der Waals surface area contributed by atoms with Gasteiger partial charge in [-0.2, -0.15) is 4.39 Å². The Kier molecular flexibility index (Phi) is 7.01. The van der Waals surface area contributed by atoms with Crippen molar-refractivity contribution in [2.24, 2.45) is 5.92 Å². The number of hydrogen-bond donors (Lipinski definition) is 1. The van der Waals surface area contributed by atoms with Gasteiger partial charge in [0.2, 0.25) is 5.82 Å². The van der Waals surface area contributed by atoms with Crippen LogP contribution in [0.25, 0.3) is 6.08 Å². The van der Waals surface area contributed by atoms with Crippen LogP contribution in [0.4, 0.5) is 13.2 Å². The van der Waals surface area contributed by atoms with E-state index in [1.165, 1.54) is 19.1 Å². The predicted octanol–water partition coefficient (Wildman–Crippen LogP) is 6.54. The third kappa shape index (κ3) is 5.02. The Hall–Kier alpha value is -2.27. The first kappa shape index (κ1) is 21.4. The molecule has 3 rings (SSSR count). The van der Waals surface area contributed by atoms with Crippen molar-refractivity contribution in [2.75, 3.05) is 6.61 Å². The van der Waals surface area contributed by atoms with Gasteiger partial charge in [0.1, 0.15) is 5.82 Å². The quantitative estimate of drug-likeness (QED) is 0.592. The van der Waals surface area contributed by atoms with Gasteiger partial charge < -0.3 is 9.84 Å². The molecule has 0 saturated heterocycles. The van der Waals surface area contributed by atoms with Crippen molar-refractivity contribution in [3.8, 4) is 5.75 Å². The number of rotatable bonds is 6. The number of ether oxygens (including phenoxy) is 1. The van der Waals surface area contributed by atoms with Gasteiger partial charge in [0, 0.05) is 5.56 Å². The summed E-state index contributed by atoms with van der Waals surface area (Å²) in [6, 6.07) is 7.94. The minimum Gasteiger partial charge on any atom is -0.491 e. The molecule has 29 heavy (non-hydrogen) atoms. The zero-order valence-corrected chi connectivity index (χ0v) is 16.8. The molecule has 0 heterocycles. The smallest absolute Gasteiger partial charge is 0.200 e. The number of hydrogen-bond acceptors (Lipinski definition) is 2. The van der Waals surface area contributed by atoms with Crippen molar-refractivity contribution in [2.45, 2.75) is 51.6 Å². The molecule has 0 aliphatic heterocycles. The summed E-state index contributed by atoms with van der Waals surface area (Å²) in [7, 11) is 0. The summed E-state index contributed by atoms with van der Waals surface area (Å²) in [6.07, 6.45) is 6.38. The minimum absolute atomic E-state index is 0.00686. The molecule has 1 atom stereocenters. The molecule has 5 heteroatoms. The van der Waals surface area contributed by atoms with E-state index < -0.39 is 23.6 Å². The molecule has 1 fully saturated rings. The summed E-state index contributed by atoms with van der Waals surface area (Å²) in [5.74, 6) is -1.86. The van der Waals surface area contributed by atoms with Crippen LogP contribution in [0.15, 0.2) is 36.4 Å². The van der Waals surface area contributed by atoms with Gasteiger partial charge in [-0.15, -0.1) is 0 Å². The Balaban J connectivity index is 1.62. The second-order valence-electron chi connectivity index (χ2n) is 7.64. The van der Waals surface area contributed by atoms with E-state index in [0.29, 0.717) is 18.1 Å². The molecule has 2 aromatic carbocycles. The summed E-state index contributed by atoms with van der Waals surface area (Å²) >= 11 is 0. The lowest BCUT2D eigenvalue weighted by Crippen LogP contribution is -2.14. The minimum atomic E-state index is -0.908. The van der Waals surface area contributed by atoms with Gasteiger partial charge in [0.25, 0.3) is 0 Å².